The molecule has 0 spiro atoms. The first-order valence-electron chi connectivity index (χ1n) is 6.97. The third kappa shape index (κ3) is 3.43. The monoisotopic (exact) mass is 306 g/mol. The average molecular weight is 307 g/mol. The number of likely N-dealkylation sites (N-methyl/N-ethyl adjacent to an activating group) is 1. The average Bonchev–Trinajstić information content (AvgIpc) is 2.49. The van der Waals surface area contributed by atoms with Crippen LogP contribution < -0.4 is 5.73 Å². The molecular formula is C17H20ClFN2. The molecule has 2 aromatic rings. The molecule has 4 heteroatoms. The fourth-order valence-electron chi connectivity index (χ4n) is 2.56. The summed E-state index contributed by atoms with van der Waals surface area (Å²) in [5, 5.41) is 0.709. The Morgan fingerprint density at radius 1 is 1.10 bits per heavy atom. The molecule has 2 rings (SSSR count). The minimum atomic E-state index is -0.230. The summed E-state index contributed by atoms with van der Waals surface area (Å²) in [6.45, 7) is 2.39. The second-order valence-electron chi connectivity index (χ2n) is 5.14. The molecule has 0 heterocycles. The summed E-state index contributed by atoms with van der Waals surface area (Å²) >= 11 is 6.26. The van der Waals surface area contributed by atoms with Crippen molar-refractivity contribution in [1.82, 2.24) is 4.90 Å². The van der Waals surface area contributed by atoms with E-state index in [-0.39, 0.29) is 17.9 Å². The lowest BCUT2D eigenvalue weighted by Gasteiger charge is -2.33. The zero-order chi connectivity index (χ0) is 15.4. The number of hydrogen-bond acceptors (Lipinski definition) is 2. The van der Waals surface area contributed by atoms with Crippen LogP contribution in [0.2, 0.25) is 5.02 Å². The van der Waals surface area contributed by atoms with E-state index in [1.54, 1.807) is 12.1 Å². The Hall–Kier alpha value is -1.42. The van der Waals surface area contributed by atoms with E-state index < -0.39 is 0 Å². The second kappa shape index (κ2) is 7.03. The maximum Gasteiger partial charge on any atom is 0.128 e. The smallest absolute Gasteiger partial charge is 0.128 e. The number of nitrogens with two attached hydrogens (primary N) is 1. The van der Waals surface area contributed by atoms with Crippen molar-refractivity contribution in [2.24, 2.45) is 5.73 Å². The van der Waals surface area contributed by atoms with Crippen molar-refractivity contribution in [2.45, 2.75) is 19.0 Å². The number of benzene rings is 2. The van der Waals surface area contributed by atoms with Gasteiger partial charge in [-0.05, 0) is 31.7 Å². The standard InChI is InChI=1S/C17H20ClFN2/c1-12(13-7-3-5-9-15(13)18)21(2)17(11-20)14-8-4-6-10-16(14)19/h3-10,12,17H,11,20H2,1-2H3. The summed E-state index contributed by atoms with van der Waals surface area (Å²) < 4.78 is 14.0. The van der Waals surface area contributed by atoms with E-state index >= 15 is 0 Å². The van der Waals surface area contributed by atoms with Crippen molar-refractivity contribution in [2.75, 3.05) is 13.6 Å². The highest BCUT2D eigenvalue weighted by molar-refractivity contribution is 6.31. The molecule has 0 saturated heterocycles. The summed E-state index contributed by atoms with van der Waals surface area (Å²) in [6, 6.07) is 14.3. The van der Waals surface area contributed by atoms with Crippen LogP contribution in [0.1, 0.15) is 30.1 Å². The maximum absolute atomic E-state index is 14.0. The Morgan fingerprint density at radius 2 is 1.67 bits per heavy atom. The van der Waals surface area contributed by atoms with Gasteiger partial charge in [0.25, 0.3) is 0 Å². The van der Waals surface area contributed by atoms with Gasteiger partial charge in [0.15, 0.2) is 0 Å². The fraction of sp³-hybridized carbons (Fsp3) is 0.294. The molecule has 2 unspecified atom stereocenters. The molecule has 0 bridgehead atoms. The van der Waals surface area contributed by atoms with Crippen molar-refractivity contribution in [3.8, 4) is 0 Å². The molecule has 0 aliphatic rings. The van der Waals surface area contributed by atoms with Gasteiger partial charge in [-0.3, -0.25) is 4.90 Å². The van der Waals surface area contributed by atoms with Gasteiger partial charge in [-0.15, -0.1) is 0 Å². The van der Waals surface area contributed by atoms with Gasteiger partial charge in [0.05, 0.1) is 6.04 Å². The van der Waals surface area contributed by atoms with Gasteiger partial charge in [0.1, 0.15) is 5.82 Å². The first kappa shape index (κ1) is 16.0. The number of rotatable bonds is 5. The van der Waals surface area contributed by atoms with Gasteiger partial charge >= 0.3 is 0 Å². The highest BCUT2D eigenvalue weighted by Gasteiger charge is 2.24. The Morgan fingerprint density at radius 3 is 2.24 bits per heavy atom. The highest BCUT2D eigenvalue weighted by atomic mass is 35.5. The predicted molar refractivity (Wildman–Crippen MR) is 85.8 cm³/mol. The Kier molecular flexibility index (Phi) is 5.34. The summed E-state index contributed by atoms with van der Waals surface area (Å²) in [7, 11) is 1.94. The molecule has 2 nitrogen and oxygen atoms in total. The van der Waals surface area contributed by atoms with Gasteiger partial charge in [-0.25, -0.2) is 4.39 Å². The third-order valence-electron chi connectivity index (χ3n) is 3.95. The van der Waals surface area contributed by atoms with Crippen molar-refractivity contribution >= 4 is 11.6 Å². The summed E-state index contributed by atoms with van der Waals surface area (Å²) in [6.07, 6.45) is 0. The van der Waals surface area contributed by atoms with Crippen LogP contribution in [0.5, 0.6) is 0 Å². The van der Waals surface area contributed by atoms with E-state index in [1.165, 1.54) is 6.07 Å². The van der Waals surface area contributed by atoms with Crippen LogP contribution in [0.25, 0.3) is 0 Å². The molecule has 0 fully saturated rings. The van der Waals surface area contributed by atoms with E-state index in [1.807, 2.05) is 44.3 Å². The van der Waals surface area contributed by atoms with Gasteiger partial charge < -0.3 is 5.73 Å². The van der Waals surface area contributed by atoms with Crippen LogP contribution in [-0.2, 0) is 0 Å². The lowest BCUT2D eigenvalue weighted by atomic mass is 10.0. The zero-order valence-electron chi connectivity index (χ0n) is 12.3. The summed E-state index contributed by atoms with van der Waals surface area (Å²) in [5.41, 5.74) is 7.51. The Bertz CT molecular complexity index is 603. The zero-order valence-corrected chi connectivity index (χ0v) is 13.0. The Balaban J connectivity index is 2.31. The van der Waals surface area contributed by atoms with Crippen molar-refractivity contribution in [1.29, 1.82) is 0 Å². The topological polar surface area (TPSA) is 29.3 Å². The summed E-state index contributed by atoms with van der Waals surface area (Å²) in [5.74, 6) is -0.230. The van der Waals surface area contributed by atoms with Gasteiger partial charge in [0.2, 0.25) is 0 Å². The SMILES string of the molecule is CC(c1ccccc1Cl)N(C)C(CN)c1ccccc1F. The fourth-order valence-corrected chi connectivity index (χ4v) is 2.85. The molecule has 0 amide bonds. The first-order valence-corrected chi connectivity index (χ1v) is 7.35. The van der Waals surface area contributed by atoms with E-state index in [4.69, 9.17) is 17.3 Å². The van der Waals surface area contributed by atoms with Crippen molar-refractivity contribution in [3.05, 3.63) is 70.5 Å². The van der Waals surface area contributed by atoms with Gasteiger partial charge in [0, 0.05) is 23.2 Å². The molecule has 0 aromatic heterocycles. The normalized spacial score (nSPS) is 14.2. The lowest BCUT2D eigenvalue weighted by Crippen LogP contribution is -2.33. The number of nitrogens with zero attached hydrogens (tertiary/aromatic N) is 1. The van der Waals surface area contributed by atoms with Crippen LogP contribution in [0.3, 0.4) is 0 Å². The van der Waals surface area contributed by atoms with Gasteiger partial charge in [-0.2, -0.15) is 0 Å². The third-order valence-corrected chi connectivity index (χ3v) is 4.29. The second-order valence-corrected chi connectivity index (χ2v) is 5.54. The van der Waals surface area contributed by atoms with E-state index in [0.717, 1.165) is 5.56 Å². The van der Waals surface area contributed by atoms with Crippen LogP contribution >= 0.6 is 11.6 Å². The largest absolute Gasteiger partial charge is 0.329 e. The van der Waals surface area contributed by atoms with Crippen LogP contribution in [0.15, 0.2) is 48.5 Å². The molecular weight excluding hydrogens is 287 g/mol. The van der Waals surface area contributed by atoms with Crippen molar-refractivity contribution < 1.29 is 4.39 Å². The quantitative estimate of drug-likeness (QED) is 0.898. The van der Waals surface area contributed by atoms with Crippen LogP contribution in [0, 0.1) is 5.82 Å². The predicted octanol–water partition coefficient (Wildman–Crippen LogP) is 4.17. The Labute approximate surface area is 130 Å². The minimum absolute atomic E-state index is 0.0341. The van der Waals surface area contributed by atoms with E-state index in [9.17, 15) is 4.39 Å². The highest BCUT2D eigenvalue weighted by Crippen LogP contribution is 2.32. The molecule has 0 saturated carbocycles. The molecule has 2 atom stereocenters. The first-order chi connectivity index (χ1) is 10.1. The molecule has 0 radical (unpaired) electrons. The maximum atomic E-state index is 14.0. The molecule has 112 valence electrons. The molecule has 2 N–H and O–H groups in total. The number of halogens is 2. The van der Waals surface area contributed by atoms with Crippen molar-refractivity contribution in [3.63, 3.8) is 0 Å². The van der Waals surface area contributed by atoms with Crippen LogP contribution in [-0.4, -0.2) is 18.5 Å². The lowest BCUT2D eigenvalue weighted by molar-refractivity contribution is 0.187. The van der Waals surface area contributed by atoms with Crippen LogP contribution in [0.4, 0.5) is 4.39 Å². The molecule has 2 aromatic carbocycles. The molecule has 21 heavy (non-hydrogen) atoms. The summed E-state index contributed by atoms with van der Waals surface area (Å²) in [4.78, 5) is 2.06. The number of hydrogen-bond donors (Lipinski definition) is 1. The minimum Gasteiger partial charge on any atom is -0.329 e. The molecule has 0 aliphatic carbocycles. The van der Waals surface area contributed by atoms with E-state index in [2.05, 4.69) is 4.90 Å². The van der Waals surface area contributed by atoms with E-state index in [0.29, 0.717) is 17.1 Å². The molecule has 0 aliphatic heterocycles. The van der Waals surface area contributed by atoms with Gasteiger partial charge in [-0.1, -0.05) is 48.0 Å².